The third-order valence-corrected chi connectivity index (χ3v) is 3.71. The van der Waals surface area contributed by atoms with E-state index in [1.165, 1.54) is 15.6 Å². The number of fused-ring (bicyclic) bond motifs is 1. The summed E-state index contributed by atoms with van der Waals surface area (Å²) in [5, 5.41) is 10.9. The molecule has 3 rings (SSSR count). The Bertz CT molecular complexity index is 795. The molecular formula is C14H17F3N6O2. The van der Waals surface area contributed by atoms with Crippen LogP contribution in [-0.4, -0.2) is 48.0 Å². The molecule has 0 saturated heterocycles. The van der Waals surface area contributed by atoms with Crippen molar-refractivity contribution in [2.24, 2.45) is 7.05 Å². The number of carbonyl (C=O) groups is 1. The zero-order valence-corrected chi connectivity index (χ0v) is 13.9. The molecule has 1 amide bonds. The quantitative estimate of drug-likeness (QED) is 0.830. The molecule has 0 aliphatic carbocycles. The van der Waals surface area contributed by atoms with Crippen LogP contribution in [0.1, 0.15) is 36.0 Å². The average molecular weight is 358 g/mol. The Kier molecular flexibility index (Phi) is 4.17. The molecule has 0 atom stereocenters. The van der Waals surface area contributed by atoms with Crippen molar-refractivity contribution >= 4 is 5.91 Å². The van der Waals surface area contributed by atoms with Crippen LogP contribution in [0.4, 0.5) is 13.2 Å². The van der Waals surface area contributed by atoms with Crippen molar-refractivity contribution in [1.82, 2.24) is 29.4 Å². The van der Waals surface area contributed by atoms with Gasteiger partial charge < -0.3 is 14.2 Å². The van der Waals surface area contributed by atoms with Crippen LogP contribution < -0.4 is 4.74 Å². The van der Waals surface area contributed by atoms with Gasteiger partial charge in [-0.2, -0.15) is 18.3 Å². The van der Waals surface area contributed by atoms with Crippen LogP contribution in [0.3, 0.4) is 0 Å². The normalized spacial score (nSPS) is 14.8. The molecule has 1 aliphatic heterocycles. The fraction of sp³-hybridized carbons (Fsp3) is 0.571. The number of alkyl halides is 3. The van der Waals surface area contributed by atoms with Gasteiger partial charge in [0.15, 0.2) is 11.5 Å². The number of amides is 1. The highest BCUT2D eigenvalue weighted by atomic mass is 19.4. The molecular weight excluding hydrogens is 341 g/mol. The molecule has 8 nitrogen and oxygen atoms in total. The summed E-state index contributed by atoms with van der Waals surface area (Å²) in [6.45, 7) is 3.74. The van der Waals surface area contributed by atoms with Crippen molar-refractivity contribution in [1.29, 1.82) is 0 Å². The first kappa shape index (κ1) is 17.2. The molecule has 0 radical (unpaired) electrons. The van der Waals surface area contributed by atoms with E-state index in [9.17, 15) is 18.0 Å². The lowest BCUT2D eigenvalue weighted by atomic mass is 10.3. The van der Waals surface area contributed by atoms with Gasteiger partial charge in [-0.3, -0.25) is 4.79 Å². The highest BCUT2D eigenvalue weighted by Gasteiger charge is 2.40. The Hall–Kier alpha value is -2.59. The predicted octanol–water partition coefficient (Wildman–Crippen LogP) is 1.47. The Morgan fingerprint density at radius 3 is 2.64 bits per heavy atom. The summed E-state index contributed by atoms with van der Waals surface area (Å²) >= 11 is 0. The summed E-state index contributed by atoms with van der Waals surface area (Å²) in [4.78, 5) is 14.0. The van der Waals surface area contributed by atoms with Crippen LogP contribution in [0, 0.1) is 0 Å². The SMILES string of the molecule is CC(C)Oc1cc(C(=O)N2CCn3c(nnc3C(F)(F)F)C2)nn1C. The number of hydrogen-bond donors (Lipinski definition) is 0. The van der Waals surface area contributed by atoms with Gasteiger partial charge in [0.2, 0.25) is 11.7 Å². The second-order valence-corrected chi connectivity index (χ2v) is 5.97. The molecule has 2 aromatic heterocycles. The molecule has 25 heavy (non-hydrogen) atoms. The summed E-state index contributed by atoms with van der Waals surface area (Å²) in [5.41, 5.74) is 0.169. The lowest BCUT2D eigenvalue weighted by Gasteiger charge is -2.27. The molecule has 0 aromatic carbocycles. The van der Waals surface area contributed by atoms with Gasteiger partial charge in [-0.1, -0.05) is 0 Å². The summed E-state index contributed by atoms with van der Waals surface area (Å²) in [6, 6.07) is 1.52. The molecule has 11 heteroatoms. The van der Waals surface area contributed by atoms with E-state index in [1.807, 2.05) is 13.8 Å². The van der Waals surface area contributed by atoms with Crippen LogP contribution in [0.5, 0.6) is 5.88 Å². The molecule has 0 unspecified atom stereocenters. The van der Waals surface area contributed by atoms with Gasteiger partial charge in [0.1, 0.15) is 0 Å². The van der Waals surface area contributed by atoms with Crippen molar-refractivity contribution in [3.8, 4) is 5.88 Å². The number of hydrogen-bond acceptors (Lipinski definition) is 5. The van der Waals surface area contributed by atoms with E-state index in [2.05, 4.69) is 15.3 Å². The minimum absolute atomic E-state index is 0.0227. The molecule has 0 spiro atoms. The zero-order valence-electron chi connectivity index (χ0n) is 13.9. The number of carbonyl (C=O) groups excluding carboxylic acids is 1. The van der Waals surface area contributed by atoms with Gasteiger partial charge in [-0.05, 0) is 13.8 Å². The Morgan fingerprint density at radius 1 is 1.28 bits per heavy atom. The van der Waals surface area contributed by atoms with E-state index in [-0.39, 0.29) is 37.3 Å². The molecule has 0 saturated carbocycles. The number of nitrogens with zero attached hydrogens (tertiary/aromatic N) is 6. The first-order valence-corrected chi connectivity index (χ1v) is 7.66. The third-order valence-electron chi connectivity index (χ3n) is 3.71. The number of aromatic nitrogens is 5. The van der Waals surface area contributed by atoms with Gasteiger partial charge in [-0.15, -0.1) is 10.2 Å². The molecule has 136 valence electrons. The standard InChI is InChI=1S/C14H17F3N6O2/c1-8(2)25-11-6-9(20-21(11)3)12(24)22-4-5-23-10(7-22)18-19-13(23)14(15,16)17/h6,8H,4-5,7H2,1-3H3. The van der Waals surface area contributed by atoms with E-state index in [0.717, 1.165) is 4.57 Å². The largest absolute Gasteiger partial charge is 0.475 e. The number of ether oxygens (including phenoxy) is 1. The van der Waals surface area contributed by atoms with E-state index >= 15 is 0 Å². The van der Waals surface area contributed by atoms with Gasteiger partial charge in [0, 0.05) is 26.2 Å². The van der Waals surface area contributed by atoms with Gasteiger partial charge in [0.25, 0.3) is 5.91 Å². The van der Waals surface area contributed by atoms with Gasteiger partial charge >= 0.3 is 6.18 Å². The molecule has 0 bridgehead atoms. The highest BCUT2D eigenvalue weighted by molar-refractivity contribution is 5.92. The maximum atomic E-state index is 12.9. The summed E-state index contributed by atoms with van der Waals surface area (Å²) in [7, 11) is 1.65. The van der Waals surface area contributed by atoms with Crippen LogP contribution in [0.25, 0.3) is 0 Å². The van der Waals surface area contributed by atoms with E-state index in [4.69, 9.17) is 4.74 Å². The minimum atomic E-state index is -4.57. The van der Waals surface area contributed by atoms with Crippen LogP contribution in [-0.2, 0) is 26.3 Å². The molecule has 1 aliphatic rings. The number of rotatable bonds is 3. The summed E-state index contributed by atoms with van der Waals surface area (Å²) < 4.78 is 46.5. The predicted molar refractivity (Wildman–Crippen MR) is 78.7 cm³/mol. The second kappa shape index (κ2) is 6.05. The van der Waals surface area contributed by atoms with Crippen molar-refractivity contribution < 1.29 is 22.7 Å². The number of aryl methyl sites for hydroxylation is 1. The third kappa shape index (κ3) is 3.30. The maximum absolute atomic E-state index is 12.9. The lowest BCUT2D eigenvalue weighted by Crippen LogP contribution is -2.39. The molecule has 0 fully saturated rings. The van der Waals surface area contributed by atoms with E-state index < -0.39 is 17.9 Å². The highest BCUT2D eigenvalue weighted by Crippen LogP contribution is 2.29. The van der Waals surface area contributed by atoms with Crippen molar-refractivity contribution in [2.75, 3.05) is 6.54 Å². The monoisotopic (exact) mass is 358 g/mol. The zero-order chi connectivity index (χ0) is 18.4. The average Bonchev–Trinajstić information content (AvgIpc) is 3.09. The van der Waals surface area contributed by atoms with E-state index in [0.29, 0.717) is 5.88 Å². The lowest BCUT2D eigenvalue weighted by molar-refractivity contribution is -0.147. The maximum Gasteiger partial charge on any atom is 0.451 e. The Labute approximate surface area is 141 Å². The van der Waals surface area contributed by atoms with Crippen LogP contribution in [0.2, 0.25) is 0 Å². The fourth-order valence-corrected chi connectivity index (χ4v) is 2.61. The summed E-state index contributed by atoms with van der Waals surface area (Å²) in [6.07, 6.45) is -4.64. The van der Waals surface area contributed by atoms with Crippen LogP contribution >= 0.6 is 0 Å². The Morgan fingerprint density at radius 2 is 2.00 bits per heavy atom. The van der Waals surface area contributed by atoms with Crippen LogP contribution in [0.15, 0.2) is 6.07 Å². The minimum Gasteiger partial charge on any atom is -0.475 e. The first-order valence-electron chi connectivity index (χ1n) is 7.66. The van der Waals surface area contributed by atoms with Gasteiger partial charge in [0.05, 0.1) is 12.6 Å². The summed E-state index contributed by atoms with van der Waals surface area (Å²) in [5.74, 6) is -0.892. The topological polar surface area (TPSA) is 78.1 Å². The number of halogens is 3. The van der Waals surface area contributed by atoms with Crippen molar-refractivity contribution in [3.05, 3.63) is 23.4 Å². The fourth-order valence-electron chi connectivity index (χ4n) is 2.61. The van der Waals surface area contributed by atoms with Crippen molar-refractivity contribution in [3.63, 3.8) is 0 Å². The smallest absolute Gasteiger partial charge is 0.451 e. The molecule has 2 aromatic rings. The molecule has 0 N–H and O–H groups in total. The second-order valence-electron chi connectivity index (χ2n) is 5.97. The van der Waals surface area contributed by atoms with Gasteiger partial charge in [-0.25, -0.2) is 4.68 Å². The first-order chi connectivity index (χ1) is 11.7. The van der Waals surface area contributed by atoms with Crippen molar-refractivity contribution in [2.45, 2.75) is 39.2 Å². The molecule has 3 heterocycles. The Balaban J connectivity index is 1.78. The van der Waals surface area contributed by atoms with E-state index in [1.54, 1.807) is 7.05 Å².